The summed E-state index contributed by atoms with van der Waals surface area (Å²) in [7, 11) is 0. The standard InChI is InChI=1S/C20H22N4O4/c1-15(21-22-17-5-4-6-18(13-17)24(26)27)16-7-9-19(10-8-16)28-14-20(25)23-11-2-3-12-23/h4-10,13,22H,2-3,11-12,14H2,1H3/b21-15-. The number of amides is 1. The summed E-state index contributed by atoms with van der Waals surface area (Å²) >= 11 is 0. The summed E-state index contributed by atoms with van der Waals surface area (Å²) in [6, 6.07) is 13.4. The van der Waals surface area contributed by atoms with Crippen molar-refractivity contribution < 1.29 is 14.5 Å². The van der Waals surface area contributed by atoms with E-state index in [0.29, 0.717) is 17.1 Å². The van der Waals surface area contributed by atoms with Crippen LogP contribution in [0.25, 0.3) is 0 Å². The van der Waals surface area contributed by atoms with Gasteiger partial charge in [-0.15, -0.1) is 0 Å². The molecule has 0 spiro atoms. The zero-order valence-corrected chi connectivity index (χ0v) is 15.6. The monoisotopic (exact) mass is 382 g/mol. The zero-order valence-electron chi connectivity index (χ0n) is 15.6. The minimum absolute atomic E-state index is 0.00262. The molecule has 28 heavy (non-hydrogen) atoms. The van der Waals surface area contributed by atoms with Crippen LogP contribution in [0.4, 0.5) is 11.4 Å². The molecule has 8 nitrogen and oxygen atoms in total. The molecule has 1 saturated heterocycles. The van der Waals surface area contributed by atoms with Crippen molar-refractivity contribution in [1.82, 2.24) is 4.90 Å². The number of nitrogens with one attached hydrogen (secondary N) is 1. The number of carbonyl (C=O) groups excluding carboxylic acids is 1. The van der Waals surface area contributed by atoms with Crippen molar-refractivity contribution in [3.8, 4) is 5.75 Å². The van der Waals surface area contributed by atoms with Crippen molar-refractivity contribution in [1.29, 1.82) is 0 Å². The smallest absolute Gasteiger partial charge is 0.271 e. The third-order valence-electron chi connectivity index (χ3n) is 4.50. The van der Waals surface area contributed by atoms with Gasteiger partial charge in [-0.25, -0.2) is 0 Å². The van der Waals surface area contributed by atoms with Crippen LogP contribution in [0.3, 0.4) is 0 Å². The predicted molar refractivity (Wildman–Crippen MR) is 107 cm³/mol. The van der Waals surface area contributed by atoms with Crippen LogP contribution >= 0.6 is 0 Å². The van der Waals surface area contributed by atoms with E-state index in [2.05, 4.69) is 10.5 Å². The largest absolute Gasteiger partial charge is 0.484 e. The molecule has 146 valence electrons. The molecule has 1 amide bonds. The Morgan fingerprint density at radius 1 is 1.21 bits per heavy atom. The van der Waals surface area contributed by atoms with Crippen molar-refractivity contribution in [2.45, 2.75) is 19.8 Å². The molecule has 2 aromatic rings. The number of non-ortho nitro benzene ring substituents is 1. The highest BCUT2D eigenvalue weighted by Crippen LogP contribution is 2.18. The van der Waals surface area contributed by atoms with Crippen LogP contribution < -0.4 is 10.2 Å². The number of carbonyl (C=O) groups is 1. The molecule has 0 aliphatic carbocycles. The number of nitrogens with zero attached hydrogens (tertiary/aromatic N) is 3. The SMILES string of the molecule is C/C(=N/Nc1cccc([N+](=O)[O-])c1)c1ccc(OCC(=O)N2CCCC2)cc1. The number of benzene rings is 2. The lowest BCUT2D eigenvalue weighted by atomic mass is 10.1. The second-order valence-electron chi connectivity index (χ2n) is 6.52. The van der Waals surface area contributed by atoms with Gasteiger partial charge in [0.25, 0.3) is 11.6 Å². The minimum atomic E-state index is -0.449. The van der Waals surface area contributed by atoms with E-state index in [4.69, 9.17) is 4.74 Å². The predicted octanol–water partition coefficient (Wildman–Crippen LogP) is 3.43. The van der Waals surface area contributed by atoms with Gasteiger partial charge in [0.05, 0.1) is 16.3 Å². The number of hydrogen-bond acceptors (Lipinski definition) is 6. The van der Waals surface area contributed by atoms with Crippen molar-refractivity contribution in [2.75, 3.05) is 25.1 Å². The minimum Gasteiger partial charge on any atom is -0.484 e. The maximum atomic E-state index is 12.0. The third-order valence-corrected chi connectivity index (χ3v) is 4.50. The quantitative estimate of drug-likeness (QED) is 0.449. The highest BCUT2D eigenvalue weighted by atomic mass is 16.6. The molecule has 1 heterocycles. The molecule has 0 saturated carbocycles. The van der Waals surface area contributed by atoms with E-state index in [0.717, 1.165) is 31.5 Å². The van der Waals surface area contributed by atoms with E-state index in [1.54, 1.807) is 24.3 Å². The molecule has 0 aromatic heterocycles. The van der Waals surface area contributed by atoms with Gasteiger partial charge in [-0.2, -0.15) is 5.10 Å². The molecule has 0 atom stereocenters. The summed E-state index contributed by atoms with van der Waals surface area (Å²) in [6.07, 6.45) is 2.12. The average molecular weight is 382 g/mol. The first-order valence-corrected chi connectivity index (χ1v) is 9.09. The van der Waals surface area contributed by atoms with Crippen LogP contribution in [-0.2, 0) is 4.79 Å². The maximum absolute atomic E-state index is 12.0. The van der Waals surface area contributed by atoms with Crippen LogP contribution in [0.15, 0.2) is 53.6 Å². The Bertz CT molecular complexity index is 874. The molecule has 0 bridgehead atoms. The van der Waals surface area contributed by atoms with Crippen LogP contribution in [0.5, 0.6) is 5.75 Å². The fraction of sp³-hybridized carbons (Fsp3) is 0.300. The van der Waals surface area contributed by atoms with E-state index in [1.807, 2.05) is 24.0 Å². The Balaban J connectivity index is 1.56. The molecular weight excluding hydrogens is 360 g/mol. The molecule has 3 rings (SSSR count). The second kappa shape index (κ2) is 8.98. The van der Waals surface area contributed by atoms with Gasteiger partial charge in [-0.1, -0.05) is 6.07 Å². The van der Waals surface area contributed by atoms with E-state index in [1.165, 1.54) is 12.1 Å². The number of ether oxygens (including phenoxy) is 1. The number of nitro groups is 1. The normalized spacial score (nSPS) is 14.0. The lowest BCUT2D eigenvalue weighted by Gasteiger charge is -2.15. The summed E-state index contributed by atoms with van der Waals surface area (Å²) in [5.74, 6) is 0.635. The number of hydrazone groups is 1. The first-order valence-electron chi connectivity index (χ1n) is 9.09. The number of nitro benzene ring substituents is 1. The number of anilines is 1. The summed E-state index contributed by atoms with van der Waals surface area (Å²) in [5, 5.41) is 15.1. The fourth-order valence-electron chi connectivity index (χ4n) is 2.90. The molecule has 1 aliphatic rings. The molecule has 1 fully saturated rings. The number of likely N-dealkylation sites (tertiary alicyclic amines) is 1. The fourth-order valence-corrected chi connectivity index (χ4v) is 2.90. The van der Waals surface area contributed by atoms with Gasteiger partial charge in [0.1, 0.15) is 5.75 Å². The first kappa shape index (κ1) is 19.3. The summed E-state index contributed by atoms with van der Waals surface area (Å²) in [4.78, 5) is 24.2. The lowest BCUT2D eigenvalue weighted by Crippen LogP contribution is -2.32. The maximum Gasteiger partial charge on any atom is 0.271 e. The van der Waals surface area contributed by atoms with Crippen molar-refractivity contribution in [3.63, 3.8) is 0 Å². The molecule has 1 aliphatic heterocycles. The van der Waals surface area contributed by atoms with Crippen molar-refractivity contribution >= 4 is 23.0 Å². The van der Waals surface area contributed by atoms with Gasteiger partial charge in [0, 0.05) is 25.2 Å². The van der Waals surface area contributed by atoms with Crippen LogP contribution in [0, 0.1) is 10.1 Å². The molecule has 0 radical (unpaired) electrons. The summed E-state index contributed by atoms with van der Waals surface area (Å²) < 4.78 is 5.57. The van der Waals surface area contributed by atoms with Crippen LogP contribution in [-0.4, -0.2) is 41.1 Å². The van der Waals surface area contributed by atoms with E-state index in [-0.39, 0.29) is 18.2 Å². The van der Waals surface area contributed by atoms with Gasteiger partial charge >= 0.3 is 0 Å². The van der Waals surface area contributed by atoms with Crippen LogP contribution in [0.1, 0.15) is 25.3 Å². The average Bonchev–Trinajstić information content (AvgIpc) is 3.26. The molecule has 8 heteroatoms. The Morgan fingerprint density at radius 3 is 2.61 bits per heavy atom. The summed E-state index contributed by atoms with van der Waals surface area (Å²) in [5.41, 5.74) is 4.95. The van der Waals surface area contributed by atoms with Gasteiger partial charge in [-0.05, 0) is 55.7 Å². The molecule has 2 aromatic carbocycles. The van der Waals surface area contributed by atoms with Crippen molar-refractivity contribution in [3.05, 3.63) is 64.2 Å². The molecular formula is C20H22N4O4. The highest BCUT2D eigenvalue weighted by Gasteiger charge is 2.18. The van der Waals surface area contributed by atoms with E-state index >= 15 is 0 Å². The first-order chi connectivity index (χ1) is 13.5. The van der Waals surface area contributed by atoms with Crippen molar-refractivity contribution in [2.24, 2.45) is 5.10 Å². The number of rotatable bonds is 7. The molecule has 0 unspecified atom stereocenters. The van der Waals surface area contributed by atoms with Gasteiger partial charge in [-0.3, -0.25) is 20.3 Å². The Morgan fingerprint density at radius 2 is 1.93 bits per heavy atom. The van der Waals surface area contributed by atoms with E-state index in [9.17, 15) is 14.9 Å². The Labute approximate surface area is 163 Å². The Hall–Kier alpha value is -3.42. The van der Waals surface area contributed by atoms with Gasteiger partial charge in [0.15, 0.2) is 6.61 Å². The molecule has 1 N–H and O–H groups in total. The highest BCUT2D eigenvalue weighted by molar-refractivity contribution is 5.99. The summed E-state index contributed by atoms with van der Waals surface area (Å²) in [6.45, 7) is 3.50. The topological polar surface area (TPSA) is 97.1 Å². The van der Waals surface area contributed by atoms with E-state index < -0.39 is 4.92 Å². The Kier molecular flexibility index (Phi) is 6.21. The number of hydrogen-bond donors (Lipinski definition) is 1. The van der Waals surface area contributed by atoms with Gasteiger partial charge < -0.3 is 9.64 Å². The lowest BCUT2D eigenvalue weighted by molar-refractivity contribution is -0.384. The van der Waals surface area contributed by atoms with Crippen LogP contribution in [0.2, 0.25) is 0 Å². The third kappa shape index (κ3) is 5.06. The van der Waals surface area contributed by atoms with Gasteiger partial charge in [0.2, 0.25) is 0 Å². The zero-order chi connectivity index (χ0) is 19.9. The second-order valence-corrected chi connectivity index (χ2v) is 6.52.